The van der Waals surface area contributed by atoms with Crippen molar-refractivity contribution in [3.05, 3.63) is 119 Å². The molecule has 0 spiro atoms. The van der Waals surface area contributed by atoms with Crippen LogP contribution in [0.15, 0.2) is 96.1 Å². The summed E-state index contributed by atoms with van der Waals surface area (Å²) < 4.78 is 11.5. The lowest BCUT2D eigenvalue weighted by Crippen LogP contribution is -2.41. The SMILES string of the molecule is CCOC(=O)CC1(CC2(CC(=O)OCC)C3=CCCC=C3c3nc4ccccc4cc32)C2=CCCC=C2c2nc3ccccc3cc21. The van der Waals surface area contributed by atoms with Crippen LogP contribution >= 0.6 is 0 Å². The molecule has 236 valence electrons. The molecule has 0 aliphatic heterocycles. The van der Waals surface area contributed by atoms with Crippen molar-refractivity contribution in [2.45, 2.75) is 69.6 Å². The van der Waals surface area contributed by atoms with Gasteiger partial charge in [0.05, 0.1) is 48.5 Å². The van der Waals surface area contributed by atoms with Gasteiger partial charge < -0.3 is 9.47 Å². The number of esters is 2. The molecule has 0 amide bonds. The highest BCUT2D eigenvalue weighted by Gasteiger charge is 2.58. The minimum atomic E-state index is -0.798. The first-order valence-electron chi connectivity index (χ1n) is 16.9. The fourth-order valence-electron chi connectivity index (χ4n) is 8.69. The van der Waals surface area contributed by atoms with Gasteiger partial charge in [0.1, 0.15) is 0 Å². The van der Waals surface area contributed by atoms with Crippen LogP contribution in [0.3, 0.4) is 0 Å². The Hall–Kier alpha value is -4.84. The third-order valence-corrected chi connectivity index (χ3v) is 10.4. The normalized spacial score (nSPS) is 22.3. The number of benzene rings is 2. The molecule has 4 aromatic rings. The van der Waals surface area contributed by atoms with Gasteiger partial charge in [-0.05, 0) is 92.5 Å². The van der Waals surface area contributed by atoms with Gasteiger partial charge in [0.2, 0.25) is 0 Å². The number of carbonyl (C=O) groups excluding carboxylic acids is 2. The first-order valence-corrected chi connectivity index (χ1v) is 16.9. The van der Waals surface area contributed by atoms with E-state index >= 15 is 0 Å². The summed E-state index contributed by atoms with van der Waals surface area (Å²) in [6.07, 6.45) is 13.5. The molecule has 0 fully saturated rings. The van der Waals surface area contributed by atoms with Crippen molar-refractivity contribution < 1.29 is 19.1 Å². The summed E-state index contributed by atoms with van der Waals surface area (Å²) in [6, 6.07) is 20.8. The molecule has 4 aliphatic rings. The second-order valence-corrected chi connectivity index (χ2v) is 13.1. The summed E-state index contributed by atoms with van der Waals surface area (Å²) >= 11 is 0. The Kier molecular flexibility index (Phi) is 7.20. The van der Waals surface area contributed by atoms with E-state index in [2.05, 4.69) is 48.6 Å². The number of aromatic nitrogens is 2. The fourth-order valence-corrected chi connectivity index (χ4v) is 8.69. The highest BCUT2D eigenvalue weighted by Crippen LogP contribution is 2.64. The Bertz CT molecular complexity index is 1950. The number of pyridine rings is 2. The van der Waals surface area contributed by atoms with Gasteiger partial charge in [-0.2, -0.15) is 0 Å². The van der Waals surface area contributed by atoms with Gasteiger partial charge in [0.15, 0.2) is 0 Å². The minimum Gasteiger partial charge on any atom is -0.466 e. The Balaban J connectivity index is 1.44. The molecule has 0 N–H and O–H groups in total. The van der Waals surface area contributed by atoms with Crippen molar-refractivity contribution in [2.24, 2.45) is 0 Å². The summed E-state index contributed by atoms with van der Waals surface area (Å²) in [4.78, 5) is 38.2. The molecule has 8 rings (SSSR count). The van der Waals surface area contributed by atoms with Crippen LogP contribution < -0.4 is 0 Å². The predicted molar refractivity (Wildman–Crippen MR) is 185 cm³/mol. The molecule has 2 aromatic carbocycles. The smallest absolute Gasteiger partial charge is 0.307 e. The maximum absolute atomic E-state index is 13.8. The molecule has 47 heavy (non-hydrogen) atoms. The van der Waals surface area contributed by atoms with E-state index in [4.69, 9.17) is 19.4 Å². The van der Waals surface area contributed by atoms with Crippen LogP contribution in [-0.4, -0.2) is 35.1 Å². The molecule has 0 saturated heterocycles. The third-order valence-electron chi connectivity index (χ3n) is 10.4. The fraction of sp³-hybridized carbons (Fsp3) is 0.317. The van der Waals surface area contributed by atoms with E-state index in [1.807, 2.05) is 50.2 Å². The zero-order valence-corrected chi connectivity index (χ0v) is 27.0. The first kappa shape index (κ1) is 29.6. The van der Waals surface area contributed by atoms with E-state index in [9.17, 15) is 9.59 Å². The largest absolute Gasteiger partial charge is 0.466 e. The topological polar surface area (TPSA) is 78.4 Å². The second kappa shape index (κ2) is 11.4. The van der Waals surface area contributed by atoms with Gasteiger partial charge in [-0.15, -0.1) is 0 Å². The molecule has 2 aromatic heterocycles. The molecule has 2 unspecified atom stereocenters. The number of carbonyl (C=O) groups is 2. The van der Waals surface area contributed by atoms with Gasteiger partial charge in [-0.25, -0.2) is 9.97 Å². The maximum Gasteiger partial charge on any atom is 0.307 e. The third kappa shape index (κ3) is 4.60. The van der Waals surface area contributed by atoms with E-state index in [1.165, 1.54) is 0 Å². The standard InChI is InChI=1S/C41H38N2O4/c1-3-46-36(44)23-40(30-17-9-7-15-28(30)38-32(40)21-26-13-5-11-19-34(26)42-38)25-41(24-37(45)47-4-2)31-18-10-8-16-29(31)39-33(41)22-27-14-6-12-20-35(27)43-39/h5-6,11-22H,3-4,7-10,23-25H2,1-2H3. The van der Waals surface area contributed by atoms with Crippen molar-refractivity contribution in [3.8, 4) is 0 Å². The quantitative estimate of drug-likeness (QED) is 0.183. The van der Waals surface area contributed by atoms with Gasteiger partial charge in [-0.3, -0.25) is 9.59 Å². The maximum atomic E-state index is 13.8. The highest BCUT2D eigenvalue weighted by atomic mass is 16.5. The molecule has 2 atom stereocenters. The summed E-state index contributed by atoms with van der Waals surface area (Å²) in [5, 5.41) is 2.05. The number of ether oxygens (including phenoxy) is 2. The Morgan fingerprint density at radius 1 is 0.638 bits per heavy atom. The number of rotatable bonds is 8. The molecular formula is C41H38N2O4. The highest BCUT2D eigenvalue weighted by molar-refractivity contribution is 5.98. The number of hydrogen-bond donors (Lipinski definition) is 0. The molecule has 2 heterocycles. The first-order chi connectivity index (χ1) is 23.0. The number of allylic oxidation sites excluding steroid dienone is 8. The van der Waals surface area contributed by atoms with Crippen LogP contribution in [0.4, 0.5) is 0 Å². The van der Waals surface area contributed by atoms with Crippen molar-refractivity contribution in [3.63, 3.8) is 0 Å². The van der Waals surface area contributed by atoms with Gasteiger partial charge in [0, 0.05) is 32.7 Å². The van der Waals surface area contributed by atoms with Gasteiger partial charge >= 0.3 is 11.9 Å². The summed E-state index contributed by atoms with van der Waals surface area (Å²) in [5.74, 6) is -0.511. The second-order valence-electron chi connectivity index (χ2n) is 13.1. The monoisotopic (exact) mass is 622 g/mol. The molecule has 6 heteroatoms. The average molecular weight is 623 g/mol. The summed E-state index contributed by atoms with van der Waals surface area (Å²) in [7, 11) is 0. The van der Waals surface area contributed by atoms with Crippen LogP contribution in [0.5, 0.6) is 0 Å². The number of hydrogen-bond acceptors (Lipinski definition) is 6. The lowest BCUT2D eigenvalue weighted by Gasteiger charge is -2.42. The molecule has 0 bridgehead atoms. The van der Waals surface area contributed by atoms with E-state index in [0.717, 1.165) is 92.3 Å². The average Bonchev–Trinajstić information content (AvgIpc) is 3.49. The molecular weight excluding hydrogens is 584 g/mol. The summed E-state index contributed by atoms with van der Waals surface area (Å²) in [5.41, 5.74) is 8.56. The lowest BCUT2D eigenvalue weighted by molar-refractivity contribution is -0.144. The van der Waals surface area contributed by atoms with Crippen LogP contribution in [0, 0.1) is 0 Å². The molecule has 6 nitrogen and oxygen atoms in total. The Morgan fingerprint density at radius 2 is 1.06 bits per heavy atom. The van der Waals surface area contributed by atoms with Crippen LogP contribution in [-0.2, 0) is 29.9 Å². The van der Waals surface area contributed by atoms with Crippen molar-refractivity contribution >= 4 is 44.9 Å². The van der Waals surface area contributed by atoms with E-state index in [-0.39, 0.29) is 24.8 Å². The van der Waals surface area contributed by atoms with Crippen molar-refractivity contribution in [1.82, 2.24) is 9.97 Å². The van der Waals surface area contributed by atoms with Crippen LogP contribution in [0.1, 0.15) is 81.3 Å². The minimum absolute atomic E-state index is 0.143. The number of nitrogens with zero attached hydrogens (tertiary/aromatic N) is 2. The molecule has 0 saturated carbocycles. The van der Waals surface area contributed by atoms with Gasteiger partial charge in [-0.1, -0.05) is 60.7 Å². The predicted octanol–water partition coefficient (Wildman–Crippen LogP) is 8.49. The van der Waals surface area contributed by atoms with E-state index in [0.29, 0.717) is 19.6 Å². The van der Waals surface area contributed by atoms with E-state index < -0.39 is 10.8 Å². The number of para-hydroxylation sites is 2. The zero-order chi connectivity index (χ0) is 32.2. The zero-order valence-electron chi connectivity index (χ0n) is 27.0. The molecule has 0 radical (unpaired) electrons. The molecule has 4 aliphatic carbocycles. The van der Waals surface area contributed by atoms with Crippen LogP contribution in [0.25, 0.3) is 33.0 Å². The van der Waals surface area contributed by atoms with Crippen molar-refractivity contribution in [1.29, 1.82) is 0 Å². The Labute approximate surface area is 274 Å². The van der Waals surface area contributed by atoms with Crippen LogP contribution in [0.2, 0.25) is 0 Å². The lowest BCUT2D eigenvalue weighted by atomic mass is 9.59. The Morgan fingerprint density at radius 3 is 1.51 bits per heavy atom. The number of fused-ring (bicyclic) bond motifs is 8. The summed E-state index contributed by atoms with van der Waals surface area (Å²) in [6.45, 7) is 4.29. The van der Waals surface area contributed by atoms with Gasteiger partial charge in [0.25, 0.3) is 0 Å². The van der Waals surface area contributed by atoms with E-state index in [1.54, 1.807) is 0 Å². The van der Waals surface area contributed by atoms with Crippen molar-refractivity contribution in [2.75, 3.05) is 13.2 Å².